The third-order valence-corrected chi connectivity index (χ3v) is 21.9. The maximum Gasteiger partial charge on any atom is 0.334 e. The van der Waals surface area contributed by atoms with Crippen LogP contribution in [0.25, 0.3) is 144 Å². The standard InChI is InChI=1S/C23H21FN6O2.C22H18F2N6O2.C22H18FN5O2.C21H16FN5O2/c1-5-13-8-25-10-17(24)21(13)30-22-16-6-15(14-9-27-28(2)12-14)20(32-4)7-18(16)26-11-19(22)29(3)23(30)31;1-11-15(10-28(2)27-11)13-6-14-17(7-19(13)32-4)25-9-18-20(14)30(22(31)29(18)3)21-16(24)5-12(23)8-26-21;1-12-8-25-10-16(23)20(12)28-21-15-6-14(13-4-5-24-9-13)19(30-3)7-17(15)26-11-18(21)27(2)22(28)29;1-26-18-11-25-16-8-19(29-2)13(12-3-5-23-9-12)7-14(16)20(18)27(21(26)28)17-4-6-24-10-15(17)22/h6-12H,5H2,1-4H3;5-10H,1-4H3;4,6-11H,5H2,1-3H3;3-4,6-11H,5H2,1-2H3. The predicted octanol–water partition coefficient (Wildman–Crippen LogP) is 12.7. The summed E-state index contributed by atoms with van der Waals surface area (Å²) in [4.78, 5) is 94.6. The number of nitrogens with zero attached hydrogens (tertiary/aromatic N) is 22. The summed E-state index contributed by atoms with van der Waals surface area (Å²) in [6.07, 6.45) is 28.8. The van der Waals surface area contributed by atoms with E-state index in [1.54, 1.807) is 129 Å². The van der Waals surface area contributed by atoms with Crippen LogP contribution in [0.15, 0.2) is 189 Å². The van der Waals surface area contributed by atoms with Crippen molar-refractivity contribution in [3.8, 4) is 68.1 Å². The molecule has 618 valence electrons. The molecular weight excluding hydrogens is 1590 g/mol. The van der Waals surface area contributed by atoms with Crippen molar-refractivity contribution in [2.45, 2.75) is 27.2 Å². The van der Waals surface area contributed by atoms with Crippen molar-refractivity contribution >= 4 is 111 Å². The molecule has 2 aliphatic heterocycles. The minimum absolute atomic E-state index is 0.141. The maximum absolute atomic E-state index is 15.0. The van der Waals surface area contributed by atoms with Gasteiger partial charge in [0, 0.05) is 182 Å². The molecule has 20 rings (SSSR count). The fourth-order valence-corrected chi connectivity index (χ4v) is 15.9. The minimum atomic E-state index is -0.943. The van der Waals surface area contributed by atoms with Crippen LogP contribution in [0.5, 0.6) is 23.0 Å². The first-order chi connectivity index (χ1) is 59.3. The Bertz CT molecular complexity index is 7850. The van der Waals surface area contributed by atoms with Crippen molar-refractivity contribution in [2.75, 3.05) is 41.5 Å². The van der Waals surface area contributed by atoms with Crippen LogP contribution >= 0.6 is 0 Å². The fraction of sp³-hybridized carbons (Fsp3) is 0.182. The van der Waals surface area contributed by atoms with Crippen molar-refractivity contribution in [3.63, 3.8) is 0 Å². The van der Waals surface area contributed by atoms with Crippen molar-refractivity contribution in [1.82, 2.24) is 96.0 Å². The molecule has 30 nitrogen and oxygen atoms in total. The third-order valence-electron chi connectivity index (χ3n) is 21.9. The van der Waals surface area contributed by atoms with Gasteiger partial charge in [0.1, 0.15) is 28.8 Å². The zero-order chi connectivity index (χ0) is 86.4. The molecule has 123 heavy (non-hydrogen) atoms. The summed E-state index contributed by atoms with van der Waals surface area (Å²) in [7, 11) is 16.5. The lowest BCUT2D eigenvalue weighted by atomic mass is 10.0. The molecule has 0 unspecified atom stereocenters. The van der Waals surface area contributed by atoms with E-state index in [4.69, 9.17) is 18.9 Å². The average molecular weight is 1660 g/mol. The van der Waals surface area contributed by atoms with Gasteiger partial charge in [-0.2, -0.15) is 10.2 Å². The number of benzene rings is 4. The van der Waals surface area contributed by atoms with Gasteiger partial charge in [0.05, 0.1) is 186 Å². The predicted molar refractivity (Wildman–Crippen MR) is 458 cm³/mol. The van der Waals surface area contributed by atoms with E-state index in [-0.39, 0.29) is 39.9 Å². The smallest absolute Gasteiger partial charge is 0.334 e. The van der Waals surface area contributed by atoms with E-state index in [0.29, 0.717) is 142 Å². The molecular formula is C88H73F5N22O8. The lowest BCUT2D eigenvalue weighted by molar-refractivity contribution is 0.414. The normalized spacial score (nSPS) is 12.4. The van der Waals surface area contributed by atoms with Gasteiger partial charge in [0.25, 0.3) is 0 Å². The molecule has 4 aromatic carbocycles. The molecule has 35 heteroatoms. The Kier molecular flexibility index (Phi) is 20.4. The Labute approximate surface area is 692 Å². The summed E-state index contributed by atoms with van der Waals surface area (Å²) < 4.78 is 109. The second-order valence-corrected chi connectivity index (χ2v) is 29.0. The van der Waals surface area contributed by atoms with E-state index in [1.165, 1.54) is 50.4 Å². The van der Waals surface area contributed by atoms with Crippen molar-refractivity contribution in [1.29, 1.82) is 0 Å². The Morgan fingerprint density at radius 2 is 0.854 bits per heavy atom. The summed E-state index contributed by atoms with van der Waals surface area (Å²) in [6.45, 7) is 6.73. The van der Waals surface area contributed by atoms with Crippen LogP contribution in [0.4, 0.5) is 22.0 Å². The summed E-state index contributed by atoms with van der Waals surface area (Å²) >= 11 is 0. The zero-order valence-corrected chi connectivity index (χ0v) is 68.3. The van der Waals surface area contributed by atoms with Gasteiger partial charge >= 0.3 is 22.8 Å². The largest absolute Gasteiger partial charge is 0.496 e. The van der Waals surface area contributed by atoms with Crippen LogP contribution in [-0.2, 0) is 48.7 Å². The van der Waals surface area contributed by atoms with Crippen molar-refractivity contribution in [2.24, 2.45) is 52.3 Å². The van der Waals surface area contributed by atoms with Gasteiger partial charge in [-0.1, -0.05) is 19.1 Å². The first-order valence-electron chi connectivity index (χ1n) is 38.2. The highest BCUT2D eigenvalue weighted by Gasteiger charge is 2.29. The SMILES string of the molecule is CCc1cncc(F)c1-n1c(=O)n(C)c2cnc3cc(OC)c(-c4cnn(C)c4)cc3c21.COc1cc2ncc3c(c2cc1-c1cn(C)nc1C)n(-c1ncc(F)cc1F)c(=O)n3C.COc1cc2ncc3c(c2cc1C1=CCN=C1)n(-c1c(C)cncc1F)c(=O)n3C.COc1cc2ncc3c(c2cc1C1=CCN=C1)n(-c1ccncc1F)c(=O)n3C. The first kappa shape index (κ1) is 79.7. The van der Waals surface area contributed by atoms with Crippen LogP contribution in [0, 0.1) is 42.9 Å². The summed E-state index contributed by atoms with van der Waals surface area (Å²) in [5, 5.41) is 11.4. The van der Waals surface area contributed by atoms with Gasteiger partial charge in [0.15, 0.2) is 29.1 Å². The van der Waals surface area contributed by atoms with E-state index in [9.17, 15) is 36.7 Å². The Morgan fingerprint density at radius 1 is 0.415 bits per heavy atom. The number of hydrogen-bond acceptors (Lipinski definition) is 20. The molecule has 0 N–H and O–H groups in total. The molecule has 0 aliphatic carbocycles. The number of methoxy groups -OCH3 is 4. The molecule has 0 radical (unpaired) electrons. The number of hydrogen-bond donors (Lipinski definition) is 0. The van der Waals surface area contributed by atoms with Crippen molar-refractivity contribution in [3.05, 3.63) is 259 Å². The van der Waals surface area contributed by atoms with Gasteiger partial charge in [-0.05, 0) is 61.7 Å². The van der Waals surface area contributed by atoms with Gasteiger partial charge in [-0.3, -0.25) is 86.2 Å². The number of halogens is 5. The summed E-state index contributed by atoms with van der Waals surface area (Å²) in [5.74, 6) is -1.22. The third kappa shape index (κ3) is 13.4. The number of rotatable bonds is 13. The van der Waals surface area contributed by atoms with E-state index in [0.717, 1.165) is 85.0 Å². The number of ether oxygens (including phenoxy) is 4. The van der Waals surface area contributed by atoms with E-state index >= 15 is 4.39 Å². The monoisotopic (exact) mass is 1660 g/mol. The Hall–Kier alpha value is -15.7. The summed E-state index contributed by atoms with van der Waals surface area (Å²) in [6, 6.07) is 17.0. The highest BCUT2D eigenvalue weighted by atomic mass is 19.1. The number of pyridine rings is 8. The van der Waals surface area contributed by atoms with Crippen LogP contribution in [0.2, 0.25) is 0 Å². The molecule has 0 spiro atoms. The van der Waals surface area contributed by atoms with E-state index in [2.05, 4.69) is 60.1 Å². The zero-order valence-electron chi connectivity index (χ0n) is 68.3. The lowest BCUT2D eigenvalue weighted by Crippen LogP contribution is -2.22. The van der Waals surface area contributed by atoms with Gasteiger partial charge in [-0.15, -0.1) is 0 Å². The van der Waals surface area contributed by atoms with Gasteiger partial charge in [-0.25, -0.2) is 50.7 Å². The first-order valence-corrected chi connectivity index (χ1v) is 38.2. The topological polar surface area (TPSA) is 308 Å². The molecule has 0 fully saturated rings. The van der Waals surface area contributed by atoms with E-state index in [1.807, 2.05) is 95.0 Å². The molecule has 0 amide bonds. The molecule has 18 aromatic rings. The average Bonchev–Trinajstić information content (AvgIpc) is 1.60. The molecule has 0 atom stereocenters. The summed E-state index contributed by atoms with van der Waals surface area (Å²) in [5.41, 5.74) is 14.6. The van der Waals surface area contributed by atoms with Crippen molar-refractivity contribution < 1.29 is 40.9 Å². The molecule has 2 aliphatic rings. The van der Waals surface area contributed by atoms with Gasteiger partial charge < -0.3 is 18.9 Å². The Morgan fingerprint density at radius 3 is 1.30 bits per heavy atom. The number of allylic oxidation sites excluding steroid dienone is 2. The second-order valence-electron chi connectivity index (χ2n) is 29.0. The minimum Gasteiger partial charge on any atom is -0.496 e. The van der Waals surface area contributed by atoms with Crippen LogP contribution < -0.4 is 41.7 Å². The number of aliphatic imine (C=N–C) groups is 2. The fourth-order valence-electron chi connectivity index (χ4n) is 15.9. The molecule has 16 heterocycles. The van der Waals surface area contributed by atoms with Gasteiger partial charge in [0.2, 0.25) is 0 Å². The van der Waals surface area contributed by atoms with Crippen LogP contribution in [0.3, 0.4) is 0 Å². The second kappa shape index (κ2) is 31.5. The molecule has 0 bridgehead atoms. The quantitative estimate of drug-likeness (QED) is 0.0968. The molecule has 0 saturated carbocycles. The maximum atomic E-state index is 15.0. The highest BCUT2D eigenvalue weighted by Crippen LogP contribution is 2.42. The Balaban J connectivity index is 0.000000116. The molecule has 14 aromatic heterocycles. The van der Waals surface area contributed by atoms with E-state index < -0.39 is 34.8 Å². The highest BCUT2D eigenvalue weighted by molar-refractivity contribution is 6.17. The lowest BCUT2D eigenvalue weighted by Gasteiger charge is -2.13. The van der Waals surface area contributed by atoms with Crippen LogP contribution in [-0.4, -0.2) is 150 Å². The number of fused-ring (bicyclic) bond motifs is 12. The molecule has 0 saturated heterocycles. The number of aryl methyl sites for hydroxylation is 9. The van der Waals surface area contributed by atoms with Crippen LogP contribution in [0.1, 0.15) is 34.9 Å². The number of imidazole rings is 4. The number of aromatic nitrogens is 20.